The number of imide groups is 1. The van der Waals surface area contributed by atoms with Gasteiger partial charge in [-0.15, -0.1) is 0 Å². The summed E-state index contributed by atoms with van der Waals surface area (Å²) in [6, 6.07) is 9.17. The molecule has 0 aromatic heterocycles. The highest BCUT2D eigenvalue weighted by atomic mass is 19.1. The van der Waals surface area contributed by atoms with Crippen molar-refractivity contribution >= 4 is 23.4 Å². The van der Waals surface area contributed by atoms with Gasteiger partial charge < -0.3 is 14.9 Å². The number of piperidine rings is 1. The Morgan fingerprint density at radius 1 is 1.06 bits per heavy atom. The zero-order valence-corrected chi connectivity index (χ0v) is 18.1. The van der Waals surface area contributed by atoms with E-state index >= 15 is 0 Å². The van der Waals surface area contributed by atoms with Crippen LogP contribution in [-0.2, 0) is 22.7 Å². The summed E-state index contributed by atoms with van der Waals surface area (Å²) in [5.41, 5.74) is 2.73. The first-order valence-electron chi connectivity index (χ1n) is 11.1. The number of benzene rings is 2. The third-order valence-corrected chi connectivity index (χ3v) is 6.63. The Bertz CT molecular complexity index is 1130. The van der Waals surface area contributed by atoms with E-state index in [2.05, 4.69) is 15.1 Å². The first-order chi connectivity index (χ1) is 15.9. The molecule has 3 heterocycles. The zero-order valence-electron chi connectivity index (χ0n) is 18.1. The minimum Gasteiger partial charge on any atom is -0.508 e. The van der Waals surface area contributed by atoms with Gasteiger partial charge in [0.15, 0.2) is 0 Å². The van der Waals surface area contributed by atoms with Gasteiger partial charge in [0.2, 0.25) is 11.8 Å². The highest BCUT2D eigenvalue weighted by Crippen LogP contribution is 2.35. The van der Waals surface area contributed by atoms with Crippen molar-refractivity contribution in [2.75, 3.05) is 31.1 Å². The highest BCUT2D eigenvalue weighted by molar-refractivity contribution is 6.06. The number of carbonyl (C=O) groups is 3. The number of rotatable bonds is 4. The van der Waals surface area contributed by atoms with Crippen molar-refractivity contribution in [1.82, 2.24) is 15.1 Å². The monoisotopic (exact) mass is 452 g/mol. The van der Waals surface area contributed by atoms with Crippen LogP contribution in [0.5, 0.6) is 5.75 Å². The lowest BCUT2D eigenvalue weighted by atomic mass is 10.0. The van der Waals surface area contributed by atoms with E-state index in [1.165, 1.54) is 17.0 Å². The molecule has 1 unspecified atom stereocenters. The summed E-state index contributed by atoms with van der Waals surface area (Å²) in [5.74, 6) is -1.43. The molecule has 2 N–H and O–H groups in total. The maximum absolute atomic E-state index is 14.5. The lowest BCUT2D eigenvalue weighted by Crippen LogP contribution is -2.52. The number of piperazine rings is 1. The Kier molecular flexibility index (Phi) is 5.49. The zero-order chi connectivity index (χ0) is 23.1. The van der Waals surface area contributed by atoms with Crippen molar-refractivity contribution in [1.29, 1.82) is 0 Å². The molecule has 2 aromatic rings. The molecule has 0 saturated carbocycles. The number of phenols is 1. The van der Waals surface area contributed by atoms with Crippen molar-refractivity contribution in [2.45, 2.75) is 32.0 Å². The number of hydrogen-bond acceptors (Lipinski definition) is 6. The molecule has 8 nitrogen and oxygen atoms in total. The Morgan fingerprint density at radius 3 is 2.58 bits per heavy atom. The van der Waals surface area contributed by atoms with Crippen LogP contribution < -0.4 is 10.2 Å². The second-order valence-corrected chi connectivity index (χ2v) is 8.78. The van der Waals surface area contributed by atoms with E-state index < -0.39 is 17.8 Å². The molecule has 0 aliphatic carbocycles. The van der Waals surface area contributed by atoms with Crippen LogP contribution in [0.4, 0.5) is 10.1 Å². The predicted octanol–water partition coefficient (Wildman–Crippen LogP) is 1.61. The van der Waals surface area contributed by atoms with E-state index in [4.69, 9.17) is 0 Å². The normalized spacial score (nSPS) is 21.4. The summed E-state index contributed by atoms with van der Waals surface area (Å²) in [6.07, 6.45) is 0.453. The van der Waals surface area contributed by atoms with Crippen LogP contribution in [0, 0.1) is 5.82 Å². The minimum atomic E-state index is -0.724. The Balaban J connectivity index is 1.31. The number of hydrogen-bond donors (Lipinski definition) is 2. The first kappa shape index (κ1) is 21.4. The van der Waals surface area contributed by atoms with Crippen molar-refractivity contribution in [3.05, 3.63) is 58.9 Å². The van der Waals surface area contributed by atoms with Crippen molar-refractivity contribution in [3.63, 3.8) is 0 Å². The van der Waals surface area contributed by atoms with Crippen LogP contribution in [0.1, 0.15) is 34.3 Å². The molecule has 5 rings (SSSR count). The van der Waals surface area contributed by atoms with Crippen LogP contribution in [0.15, 0.2) is 36.4 Å². The van der Waals surface area contributed by atoms with Crippen LogP contribution in [0.3, 0.4) is 0 Å². The first-order valence-corrected chi connectivity index (χ1v) is 11.1. The predicted molar refractivity (Wildman–Crippen MR) is 118 cm³/mol. The number of nitrogens with zero attached hydrogens (tertiary/aromatic N) is 3. The second kappa shape index (κ2) is 8.47. The second-order valence-electron chi connectivity index (χ2n) is 8.78. The van der Waals surface area contributed by atoms with Gasteiger partial charge in [-0.25, -0.2) is 4.39 Å². The number of fused-ring (bicyclic) bond motifs is 1. The average molecular weight is 452 g/mol. The quantitative estimate of drug-likeness (QED) is 0.685. The number of nitrogens with one attached hydrogen (secondary N) is 1. The molecule has 2 fully saturated rings. The standard InChI is InChI=1S/C24H25FN4O4/c25-16-11-18-19(14-29(24(18)33)20-4-5-22(31)26-23(20)32)21(12-16)28-8-6-27(7-9-28)13-15-2-1-3-17(30)10-15/h1-3,10-12,20,30H,4-9,13-14H2,(H,26,31,32). The lowest BCUT2D eigenvalue weighted by molar-refractivity contribution is -0.136. The molecule has 2 saturated heterocycles. The van der Waals surface area contributed by atoms with Gasteiger partial charge in [-0.1, -0.05) is 12.1 Å². The van der Waals surface area contributed by atoms with Crippen molar-refractivity contribution in [2.24, 2.45) is 0 Å². The molecular formula is C24H25FN4O4. The fraction of sp³-hybridized carbons (Fsp3) is 0.375. The number of anilines is 1. The van der Waals surface area contributed by atoms with E-state index in [1.807, 2.05) is 12.1 Å². The Morgan fingerprint density at radius 2 is 1.85 bits per heavy atom. The molecule has 9 heteroatoms. The summed E-state index contributed by atoms with van der Waals surface area (Å²) in [4.78, 5) is 42.7. The Hall–Kier alpha value is -3.46. The van der Waals surface area contributed by atoms with Crippen molar-refractivity contribution in [3.8, 4) is 5.75 Å². The van der Waals surface area contributed by atoms with E-state index in [-0.39, 0.29) is 42.5 Å². The summed E-state index contributed by atoms with van der Waals surface area (Å²) >= 11 is 0. The molecule has 3 amide bonds. The summed E-state index contributed by atoms with van der Waals surface area (Å²) in [7, 11) is 0. The number of phenolic OH excluding ortho intramolecular Hbond substituents is 1. The van der Waals surface area contributed by atoms with Crippen LogP contribution >= 0.6 is 0 Å². The summed E-state index contributed by atoms with van der Waals surface area (Å²) in [6.45, 7) is 3.78. The molecule has 0 bridgehead atoms. The van der Waals surface area contributed by atoms with Gasteiger partial charge in [0.1, 0.15) is 17.6 Å². The van der Waals surface area contributed by atoms with E-state index in [9.17, 15) is 23.9 Å². The van der Waals surface area contributed by atoms with Gasteiger partial charge in [0.25, 0.3) is 5.91 Å². The molecule has 0 spiro atoms. The lowest BCUT2D eigenvalue weighted by Gasteiger charge is -2.37. The van der Waals surface area contributed by atoms with E-state index in [1.54, 1.807) is 12.1 Å². The SMILES string of the molecule is O=C1CCC(N2Cc3c(cc(F)cc3N3CCN(Cc4cccc(O)c4)CC3)C2=O)C(=O)N1. The molecule has 1 atom stereocenters. The minimum absolute atomic E-state index is 0.179. The number of halogens is 1. The molecule has 3 aliphatic rings. The summed E-state index contributed by atoms with van der Waals surface area (Å²) < 4.78 is 14.5. The summed E-state index contributed by atoms with van der Waals surface area (Å²) in [5, 5.41) is 12.0. The molecule has 2 aromatic carbocycles. The highest BCUT2D eigenvalue weighted by Gasteiger charge is 2.41. The van der Waals surface area contributed by atoms with Gasteiger partial charge in [0.05, 0.1) is 0 Å². The van der Waals surface area contributed by atoms with Gasteiger partial charge in [-0.05, 0) is 36.2 Å². The smallest absolute Gasteiger partial charge is 0.255 e. The molecular weight excluding hydrogens is 427 g/mol. The fourth-order valence-electron chi connectivity index (χ4n) is 4.95. The maximum atomic E-state index is 14.5. The molecule has 0 radical (unpaired) electrons. The maximum Gasteiger partial charge on any atom is 0.255 e. The Labute approximate surface area is 190 Å². The number of amides is 3. The molecule has 172 valence electrons. The van der Waals surface area contributed by atoms with Gasteiger partial charge in [0, 0.05) is 62.5 Å². The largest absolute Gasteiger partial charge is 0.508 e. The van der Waals surface area contributed by atoms with E-state index in [0.717, 1.165) is 24.2 Å². The van der Waals surface area contributed by atoms with Crippen LogP contribution in [-0.4, -0.2) is 64.8 Å². The van der Waals surface area contributed by atoms with Crippen LogP contribution in [0.2, 0.25) is 0 Å². The topological polar surface area (TPSA) is 93.2 Å². The fourth-order valence-corrected chi connectivity index (χ4v) is 4.95. The third kappa shape index (κ3) is 4.16. The van der Waals surface area contributed by atoms with Crippen LogP contribution in [0.25, 0.3) is 0 Å². The van der Waals surface area contributed by atoms with Gasteiger partial charge in [-0.3, -0.25) is 24.6 Å². The van der Waals surface area contributed by atoms with Gasteiger partial charge >= 0.3 is 0 Å². The third-order valence-electron chi connectivity index (χ3n) is 6.63. The van der Waals surface area contributed by atoms with Gasteiger partial charge in [-0.2, -0.15) is 0 Å². The molecule has 33 heavy (non-hydrogen) atoms. The average Bonchev–Trinajstić information content (AvgIpc) is 3.10. The molecule has 3 aliphatic heterocycles. The number of carbonyl (C=O) groups excluding carboxylic acids is 3. The van der Waals surface area contributed by atoms with Crippen molar-refractivity contribution < 1.29 is 23.9 Å². The van der Waals surface area contributed by atoms with E-state index in [0.29, 0.717) is 25.3 Å². The number of aromatic hydroxyl groups is 1.